The number of rotatable bonds is 8. The SMILES string of the molecule is CCOC(=O)c1ccc([C@H](C)/C=C(\OC(=O)N(C(C)C)C(C)C)c2ccccc2)cc1. The smallest absolute Gasteiger partial charge is 0.415 e. The van der Waals surface area contributed by atoms with Crippen molar-refractivity contribution in [2.75, 3.05) is 6.61 Å². The van der Waals surface area contributed by atoms with Crippen molar-refractivity contribution in [3.63, 3.8) is 0 Å². The minimum absolute atomic E-state index is 0.0253. The molecule has 0 saturated heterocycles. The van der Waals surface area contributed by atoms with Gasteiger partial charge in [-0.25, -0.2) is 9.59 Å². The van der Waals surface area contributed by atoms with E-state index in [1.807, 2.05) is 83.2 Å². The quantitative estimate of drug-likeness (QED) is 0.371. The zero-order valence-corrected chi connectivity index (χ0v) is 19.3. The summed E-state index contributed by atoms with van der Waals surface area (Å²) < 4.78 is 10.9. The molecule has 5 heteroatoms. The number of ether oxygens (including phenoxy) is 2. The predicted octanol–water partition coefficient (Wildman–Crippen LogP) is 6.26. The lowest BCUT2D eigenvalue weighted by atomic mass is 9.98. The van der Waals surface area contributed by atoms with Crippen LogP contribution in [-0.2, 0) is 9.47 Å². The predicted molar refractivity (Wildman–Crippen MR) is 124 cm³/mol. The van der Waals surface area contributed by atoms with Crippen LogP contribution in [0.25, 0.3) is 5.76 Å². The maximum absolute atomic E-state index is 12.9. The average Bonchev–Trinajstić information content (AvgIpc) is 2.73. The third kappa shape index (κ3) is 6.71. The lowest BCUT2D eigenvalue weighted by molar-refractivity contribution is 0.0526. The number of hydrogen-bond donors (Lipinski definition) is 0. The molecular weight excluding hydrogens is 390 g/mol. The Bertz CT molecular complexity index is 877. The molecule has 0 aliphatic heterocycles. The van der Waals surface area contributed by atoms with E-state index in [2.05, 4.69) is 0 Å². The lowest BCUT2D eigenvalue weighted by Crippen LogP contribution is -2.42. The lowest BCUT2D eigenvalue weighted by Gasteiger charge is -2.30. The second-order valence-electron chi connectivity index (χ2n) is 7.99. The van der Waals surface area contributed by atoms with Crippen LogP contribution in [0.15, 0.2) is 60.7 Å². The normalized spacial score (nSPS) is 12.6. The highest BCUT2D eigenvalue weighted by atomic mass is 16.6. The Balaban J connectivity index is 2.31. The number of hydrogen-bond acceptors (Lipinski definition) is 4. The molecule has 166 valence electrons. The van der Waals surface area contributed by atoms with Crippen LogP contribution in [0, 0.1) is 0 Å². The molecule has 1 atom stereocenters. The molecule has 2 aromatic rings. The van der Waals surface area contributed by atoms with E-state index in [4.69, 9.17) is 9.47 Å². The Kier molecular flexibility index (Phi) is 8.86. The fourth-order valence-electron chi connectivity index (χ4n) is 3.42. The van der Waals surface area contributed by atoms with Gasteiger partial charge < -0.3 is 14.4 Å². The molecule has 0 spiro atoms. The fraction of sp³-hybridized carbons (Fsp3) is 0.385. The highest BCUT2D eigenvalue weighted by Gasteiger charge is 2.23. The van der Waals surface area contributed by atoms with E-state index < -0.39 is 0 Å². The number of amides is 1. The van der Waals surface area contributed by atoms with Gasteiger partial charge in [0.05, 0.1) is 12.2 Å². The first-order valence-corrected chi connectivity index (χ1v) is 10.8. The monoisotopic (exact) mass is 423 g/mol. The summed E-state index contributed by atoms with van der Waals surface area (Å²) in [5.74, 6) is 0.142. The van der Waals surface area contributed by atoms with Crippen LogP contribution in [0.2, 0.25) is 0 Å². The van der Waals surface area contributed by atoms with Gasteiger partial charge in [-0.2, -0.15) is 0 Å². The zero-order valence-electron chi connectivity index (χ0n) is 19.3. The van der Waals surface area contributed by atoms with E-state index in [1.54, 1.807) is 24.0 Å². The maximum Gasteiger partial charge on any atom is 0.415 e. The zero-order chi connectivity index (χ0) is 23.0. The second-order valence-corrected chi connectivity index (χ2v) is 7.99. The molecule has 0 bridgehead atoms. The van der Waals surface area contributed by atoms with E-state index in [9.17, 15) is 9.59 Å². The van der Waals surface area contributed by atoms with Crippen molar-refractivity contribution >= 4 is 17.8 Å². The average molecular weight is 424 g/mol. The summed E-state index contributed by atoms with van der Waals surface area (Å²) >= 11 is 0. The number of esters is 1. The molecule has 2 aromatic carbocycles. The Hall–Kier alpha value is -3.08. The van der Waals surface area contributed by atoms with E-state index in [0.717, 1.165) is 11.1 Å². The van der Waals surface area contributed by atoms with Gasteiger partial charge in [0.15, 0.2) is 0 Å². The van der Waals surface area contributed by atoms with Gasteiger partial charge in [-0.3, -0.25) is 0 Å². The van der Waals surface area contributed by atoms with Crippen molar-refractivity contribution in [3.05, 3.63) is 77.4 Å². The number of benzene rings is 2. The standard InChI is InChI=1S/C26H33NO4/c1-7-30-25(28)23-15-13-21(14-16-23)20(6)17-24(22-11-9-8-10-12-22)31-26(29)27(18(2)3)19(4)5/h8-20H,7H2,1-6H3/b24-17-/t20-/m1/s1. The first kappa shape index (κ1) is 24.2. The second kappa shape index (κ2) is 11.3. The van der Waals surface area contributed by atoms with Crippen LogP contribution in [0.4, 0.5) is 4.79 Å². The molecular formula is C26H33NO4. The molecule has 0 saturated carbocycles. The first-order valence-electron chi connectivity index (χ1n) is 10.8. The van der Waals surface area contributed by atoms with Gasteiger partial charge in [0.2, 0.25) is 0 Å². The van der Waals surface area contributed by atoms with Gasteiger partial charge in [0.25, 0.3) is 0 Å². The van der Waals surface area contributed by atoms with Crippen molar-refractivity contribution in [1.29, 1.82) is 0 Å². The molecule has 0 aliphatic rings. The molecule has 0 N–H and O–H groups in total. The number of carbonyl (C=O) groups is 2. The molecule has 1 amide bonds. The summed E-state index contributed by atoms with van der Waals surface area (Å²) in [5.41, 5.74) is 2.35. The Morgan fingerprint density at radius 1 is 0.871 bits per heavy atom. The van der Waals surface area contributed by atoms with Crippen LogP contribution in [0.3, 0.4) is 0 Å². The summed E-state index contributed by atoms with van der Waals surface area (Å²) in [7, 11) is 0. The topological polar surface area (TPSA) is 55.8 Å². The maximum atomic E-state index is 12.9. The van der Waals surface area contributed by atoms with Crippen molar-refractivity contribution < 1.29 is 19.1 Å². The summed E-state index contributed by atoms with van der Waals surface area (Å²) in [6, 6.07) is 17.0. The minimum atomic E-state index is -0.370. The third-order valence-corrected chi connectivity index (χ3v) is 4.93. The molecule has 0 heterocycles. The van der Waals surface area contributed by atoms with Crippen LogP contribution in [0.1, 0.15) is 68.9 Å². The third-order valence-electron chi connectivity index (χ3n) is 4.93. The van der Waals surface area contributed by atoms with E-state index in [0.29, 0.717) is 17.9 Å². The van der Waals surface area contributed by atoms with E-state index in [-0.39, 0.29) is 30.1 Å². The van der Waals surface area contributed by atoms with Crippen molar-refractivity contribution in [2.45, 2.75) is 59.5 Å². The van der Waals surface area contributed by atoms with Crippen molar-refractivity contribution in [1.82, 2.24) is 4.90 Å². The number of allylic oxidation sites excluding steroid dienone is 1. The molecule has 0 aliphatic carbocycles. The van der Waals surface area contributed by atoms with Crippen molar-refractivity contribution in [3.8, 4) is 0 Å². The Labute approximate surface area is 185 Å². The summed E-state index contributed by atoms with van der Waals surface area (Å²) in [4.78, 5) is 26.5. The van der Waals surface area contributed by atoms with Gasteiger partial charge >= 0.3 is 12.1 Å². The first-order chi connectivity index (χ1) is 14.7. The van der Waals surface area contributed by atoms with Gasteiger partial charge in [-0.05, 0) is 58.4 Å². The fourth-order valence-corrected chi connectivity index (χ4v) is 3.42. The summed E-state index contributed by atoms with van der Waals surface area (Å²) in [6.45, 7) is 12.0. The molecule has 5 nitrogen and oxygen atoms in total. The van der Waals surface area contributed by atoms with Crippen LogP contribution in [-0.4, -0.2) is 35.7 Å². The van der Waals surface area contributed by atoms with Crippen LogP contribution >= 0.6 is 0 Å². The summed E-state index contributed by atoms with van der Waals surface area (Å²) in [5, 5.41) is 0. The van der Waals surface area contributed by atoms with Gasteiger partial charge in [0, 0.05) is 23.6 Å². The highest BCUT2D eigenvalue weighted by molar-refractivity contribution is 5.89. The van der Waals surface area contributed by atoms with Gasteiger partial charge in [0.1, 0.15) is 5.76 Å². The molecule has 0 aromatic heterocycles. The minimum Gasteiger partial charge on any atom is -0.462 e. The molecule has 0 unspecified atom stereocenters. The molecule has 2 rings (SSSR count). The largest absolute Gasteiger partial charge is 0.462 e. The number of nitrogens with zero attached hydrogens (tertiary/aromatic N) is 1. The molecule has 31 heavy (non-hydrogen) atoms. The summed E-state index contributed by atoms with van der Waals surface area (Å²) in [6.07, 6.45) is 1.57. The van der Waals surface area contributed by atoms with Crippen LogP contribution in [0.5, 0.6) is 0 Å². The Morgan fingerprint density at radius 2 is 1.45 bits per heavy atom. The van der Waals surface area contributed by atoms with E-state index >= 15 is 0 Å². The highest BCUT2D eigenvalue weighted by Crippen LogP contribution is 2.26. The number of carbonyl (C=O) groups excluding carboxylic acids is 2. The van der Waals surface area contributed by atoms with Crippen LogP contribution < -0.4 is 0 Å². The molecule has 0 fully saturated rings. The van der Waals surface area contributed by atoms with Crippen molar-refractivity contribution in [2.24, 2.45) is 0 Å². The van der Waals surface area contributed by atoms with Gasteiger partial charge in [-0.1, -0.05) is 49.4 Å². The van der Waals surface area contributed by atoms with E-state index in [1.165, 1.54) is 0 Å². The van der Waals surface area contributed by atoms with Gasteiger partial charge in [-0.15, -0.1) is 0 Å². The Morgan fingerprint density at radius 3 is 1.97 bits per heavy atom. The molecule has 0 radical (unpaired) electrons.